The Bertz CT molecular complexity index is 1630. The number of carbonyl (C=O) groups excluding carboxylic acids is 2. The van der Waals surface area contributed by atoms with E-state index >= 15 is 0 Å². The van der Waals surface area contributed by atoms with Gasteiger partial charge in [0.1, 0.15) is 49.8 Å². The smallest absolute Gasteiger partial charge is 0.305 e. The molecule has 5 rings (SSSR count). The SMILES string of the molecule is CCCCCCCCCC(=O)OC[C@H]1O[C@@H](O[C@H]2[C@H](OCc3ccccc3)[C@@H](COC(=O)CCCCCCCCC)O[C@@H]2O)[C@@H](OCc2ccccc2)[C@@H]1OCc1ccccc1. The molecule has 0 bridgehead atoms. The molecule has 0 aliphatic carbocycles. The number of unbranched alkanes of at least 4 members (excludes halogenated alkanes) is 12. The van der Waals surface area contributed by atoms with Gasteiger partial charge >= 0.3 is 11.9 Å². The number of aliphatic hydroxyl groups is 1. The Morgan fingerprint density at radius 1 is 0.484 bits per heavy atom. The van der Waals surface area contributed by atoms with Gasteiger partial charge in [0.05, 0.1) is 19.8 Å². The molecule has 2 aliphatic rings. The summed E-state index contributed by atoms with van der Waals surface area (Å²) in [5.74, 6) is -0.618. The number of benzene rings is 3. The van der Waals surface area contributed by atoms with Crippen molar-refractivity contribution in [2.75, 3.05) is 13.2 Å². The molecule has 1 N–H and O–H groups in total. The van der Waals surface area contributed by atoms with E-state index in [1.54, 1.807) is 0 Å². The van der Waals surface area contributed by atoms with Crippen molar-refractivity contribution in [2.24, 2.45) is 0 Å². The molecule has 2 aliphatic heterocycles. The van der Waals surface area contributed by atoms with Gasteiger partial charge < -0.3 is 43.0 Å². The van der Waals surface area contributed by atoms with E-state index < -0.39 is 49.2 Å². The zero-order valence-electron chi connectivity index (χ0n) is 37.2. The fourth-order valence-electron chi connectivity index (χ4n) is 7.90. The maximum absolute atomic E-state index is 13.0. The number of carbonyl (C=O) groups is 2. The molecule has 3 aromatic rings. The van der Waals surface area contributed by atoms with Gasteiger partial charge in [-0.3, -0.25) is 9.59 Å². The van der Waals surface area contributed by atoms with Crippen molar-refractivity contribution in [3.05, 3.63) is 108 Å². The fraction of sp³-hybridized carbons (Fsp3) is 0.608. The van der Waals surface area contributed by atoms with Crippen molar-refractivity contribution in [1.82, 2.24) is 0 Å². The molecule has 0 amide bonds. The molecule has 11 heteroatoms. The summed E-state index contributed by atoms with van der Waals surface area (Å²) in [6.07, 6.45) is 8.40. The monoisotopic (exact) mass is 861 g/mol. The van der Waals surface area contributed by atoms with Crippen molar-refractivity contribution in [3.8, 4) is 0 Å². The second-order valence-corrected chi connectivity index (χ2v) is 16.6. The van der Waals surface area contributed by atoms with Crippen molar-refractivity contribution in [1.29, 1.82) is 0 Å². The van der Waals surface area contributed by atoms with E-state index in [0.717, 1.165) is 55.2 Å². The van der Waals surface area contributed by atoms with E-state index in [2.05, 4.69) is 13.8 Å². The minimum absolute atomic E-state index is 0.0746. The van der Waals surface area contributed by atoms with Crippen LogP contribution >= 0.6 is 0 Å². The summed E-state index contributed by atoms with van der Waals surface area (Å²) in [6, 6.07) is 29.2. The summed E-state index contributed by atoms with van der Waals surface area (Å²) in [6.45, 7) is 4.87. The van der Waals surface area contributed by atoms with Gasteiger partial charge in [0, 0.05) is 12.8 Å². The van der Waals surface area contributed by atoms with Crippen LogP contribution in [0.3, 0.4) is 0 Å². The lowest BCUT2D eigenvalue weighted by Gasteiger charge is -2.29. The van der Waals surface area contributed by atoms with Crippen molar-refractivity contribution in [3.63, 3.8) is 0 Å². The Kier molecular flexibility index (Phi) is 23.0. The number of hydrogen-bond donors (Lipinski definition) is 1. The van der Waals surface area contributed by atoms with Crippen LogP contribution in [0, 0.1) is 0 Å². The topological polar surface area (TPSA) is 128 Å². The first-order valence-electron chi connectivity index (χ1n) is 23.4. The van der Waals surface area contributed by atoms with Crippen LogP contribution in [-0.4, -0.2) is 79.5 Å². The molecule has 0 aromatic heterocycles. The van der Waals surface area contributed by atoms with Crippen molar-refractivity contribution < 1.29 is 52.6 Å². The molecule has 0 saturated carbocycles. The van der Waals surface area contributed by atoms with Gasteiger partial charge in [-0.2, -0.15) is 0 Å². The Labute approximate surface area is 370 Å². The standard InChI is InChI=1S/C51H72O11/c1-3-5-7-9-11-13-24-32-44(52)55-37-42-46(57-34-39-26-18-15-19-27-39)48(50(54)60-42)62-51-49(59-36-41-30-22-17-23-31-41)47(58-35-40-28-20-16-21-29-40)43(61-51)38-56-45(53)33-25-14-12-10-8-6-4-2/h15-23,26-31,42-43,46-51,54H,3-14,24-25,32-38H2,1-2H3/t42-,43-,46-,47-,48+,49+,50+,51+/m1/s1. The Hall–Kier alpha value is -3.68. The van der Waals surface area contributed by atoms with Gasteiger partial charge in [-0.15, -0.1) is 0 Å². The van der Waals surface area contributed by atoms with E-state index in [1.165, 1.54) is 51.4 Å². The van der Waals surface area contributed by atoms with E-state index in [1.807, 2.05) is 91.0 Å². The lowest BCUT2D eigenvalue weighted by Crippen LogP contribution is -2.45. The molecule has 2 fully saturated rings. The maximum Gasteiger partial charge on any atom is 0.305 e. The van der Waals surface area contributed by atoms with Gasteiger partial charge in [0.15, 0.2) is 12.6 Å². The zero-order chi connectivity index (χ0) is 43.6. The van der Waals surface area contributed by atoms with Crippen LogP contribution in [-0.2, 0) is 67.3 Å². The second-order valence-electron chi connectivity index (χ2n) is 16.6. The van der Waals surface area contributed by atoms with Crippen LogP contribution in [0.2, 0.25) is 0 Å². The first kappa shape index (κ1) is 49.3. The highest BCUT2D eigenvalue weighted by atomic mass is 16.8. The van der Waals surface area contributed by atoms with Gasteiger partial charge in [-0.1, -0.05) is 182 Å². The highest BCUT2D eigenvalue weighted by Crippen LogP contribution is 2.35. The lowest BCUT2D eigenvalue weighted by atomic mass is 10.1. The predicted octanol–water partition coefficient (Wildman–Crippen LogP) is 9.94. The van der Waals surface area contributed by atoms with Crippen LogP contribution < -0.4 is 0 Å². The number of hydrogen-bond acceptors (Lipinski definition) is 11. The molecule has 2 heterocycles. The Morgan fingerprint density at radius 3 is 1.29 bits per heavy atom. The summed E-state index contributed by atoms with van der Waals surface area (Å²) in [4.78, 5) is 25.9. The summed E-state index contributed by atoms with van der Waals surface area (Å²) in [5, 5.41) is 11.5. The average Bonchev–Trinajstić information content (AvgIpc) is 3.79. The van der Waals surface area contributed by atoms with E-state index in [9.17, 15) is 14.7 Å². The summed E-state index contributed by atoms with van der Waals surface area (Å²) in [5.41, 5.74) is 2.80. The molecule has 2 saturated heterocycles. The third-order valence-corrected chi connectivity index (χ3v) is 11.5. The summed E-state index contributed by atoms with van der Waals surface area (Å²) < 4.78 is 50.5. The van der Waals surface area contributed by atoms with Crippen LogP contribution in [0.5, 0.6) is 0 Å². The second kappa shape index (κ2) is 28.9. The molecule has 8 atom stereocenters. The first-order valence-corrected chi connectivity index (χ1v) is 23.4. The van der Waals surface area contributed by atoms with E-state index in [0.29, 0.717) is 12.8 Å². The van der Waals surface area contributed by atoms with Crippen molar-refractivity contribution >= 4 is 11.9 Å². The predicted molar refractivity (Wildman–Crippen MR) is 237 cm³/mol. The molecule has 0 radical (unpaired) electrons. The molecular weight excluding hydrogens is 789 g/mol. The van der Waals surface area contributed by atoms with Gasteiger partial charge in [0.25, 0.3) is 0 Å². The van der Waals surface area contributed by atoms with Crippen LogP contribution in [0.15, 0.2) is 91.0 Å². The molecule has 0 unspecified atom stereocenters. The first-order chi connectivity index (χ1) is 30.4. The minimum atomic E-state index is -1.44. The van der Waals surface area contributed by atoms with Gasteiger partial charge in [0.2, 0.25) is 0 Å². The third kappa shape index (κ3) is 17.5. The maximum atomic E-state index is 13.0. The van der Waals surface area contributed by atoms with Crippen molar-refractivity contribution in [2.45, 2.75) is 186 Å². The number of aliphatic hydroxyl groups excluding tert-OH is 1. The number of esters is 2. The Morgan fingerprint density at radius 2 is 0.855 bits per heavy atom. The van der Waals surface area contributed by atoms with E-state index in [4.69, 9.17) is 37.9 Å². The number of rotatable bonds is 31. The molecule has 62 heavy (non-hydrogen) atoms. The average molecular weight is 861 g/mol. The van der Waals surface area contributed by atoms with Crippen LogP contribution in [0.4, 0.5) is 0 Å². The zero-order valence-corrected chi connectivity index (χ0v) is 37.2. The molecule has 342 valence electrons. The van der Waals surface area contributed by atoms with Crippen LogP contribution in [0.25, 0.3) is 0 Å². The normalized spacial score (nSPS) is 23.4. The molecular formula is C51H72O11. The Balaban J connectivity index is 1.29. The van der Waals surface area contributed by atoms with E-state index in [-0.39, 0.29) is 45.0 Å². The third-order valence-electron chi connectivity index (χ3n) is 11.5. The lowest BCUT2D eigenvalue weighted by molar-refractivity contribution is -0.246. The number of ether oxygens (including phenoxy) is 8. The van der Waals surface area contributed by atoms with Crippen LogP contribution in [0.1, 0.15) is 133 Å². The summed E-state index contributed by atoms with van der Waals surface area (Å²) >= 11 is 0. The molecule has 0 spiro atoms. The fourth-order valence-corrected chi connectivity index (χ4v) is 7.90. The quantitative estimate of drug-likeness (QED) is 0.0491. The van der Waals surface area contributed by atoms with Gasteiger partial charge in [-0.25, -0.2) is 0 Å². The minimum Gasteiger partial charge on any atom is -0.463 e. The molecule has 3 aromatic carbocycles. The largest absolute Gasteiger partial charge is 0.463 e. The summed E-state index contributed by atoms with van der Waals surface area (Å²) in [7, 11) is 0. The molecule has 11 nitrogen and oxygen atoms in total. The highest BCUT2D eigenvalue weighted by Gasteiger charge is 2.53. The highest BCUT2D eigenvalue weighted by molar-refractivity contribution is 5.69. The van der Waals surface area contributed by atoms with Gasteiger partial charge in [-0.05, 0) is 29.5 Å².